The lowest BCUT2D eigenvalue weighted by Crippen LogP contribution is -2.40. The first-order valence-corrected chi connectivity index (χ1v) is 6.88. The summed E-state index contributed by atoms with van der Waals surface area (Å²) in [5.41, 5.74) is -0.627. The summed E-state index contributed by atoms with van der Waals surface area (Å²) in [7, 11) is 0. The van der Waals surface area contributed by atoms with E-state index in [1.165, 1.54) is 6.07 Å². The van der Waals surface area contributed by atoms with Gasteiger partial charge in [-0.25, -0.2) is 0 Å². The second-order valence-electron chi connectivity index (χ2n) is 7.11. The molecule has 0 fully saturated rings. The Balaban J connectivity index is 3.04. The highest BCUT2D eigenvalue weighted by molar-refractivity contribution is 6.02. The second kappa shape index (κ2) is 5.76. The predicted octanol–water partition coefficient (Wildman–Crippen LogP) is 2.91. The van der Waals surface area contributed by atoms with E-state index in [2.05, 4.69) is 10.6 Å². The van der Waals surface area contributed by atoms with Crippen LogP contribution in [0, 0.1) is 5.41 Å². The van der Waals surface area contributed by atoms with E-state index in [1.807, 2.05) is 20.8 Å². The van der Waals surface area contributed by atoms with Gasteiger partial charge in [-0.1, -0.05) is 26.8 Å². The Morgan fingerprint density at radius 3 is 2.10 bits per heavy atom. The molecule has 0 heterocycles. The van der Waals surface area contributed by atoms with Gasteiger partial charge in [-0.2, -0.15) is 0 Å². The Labute approximate surface area is 125 Å². The number of nitrogens with one attached hydrogen (secondary N) is 2. The normalized spacial score (nSPS) is 11.9. The third kappa shape index (κ3) is 4.77. The fourth-order valence-corrected chi connectivity index (χ4v) is 1.55. The second-order valence-corrected chi connectivity index (χ2v) is 7.11. The highest BCUT2D eigenvalue weighted by Crippen LogP contribution is 2.29. The zero-order valence-electron chi connectivity index (χ0n) is 13.5. The van der Waals surface area contributed by atoms with Crippen LogP contribution >= 0.6 is 0 Å². The summed E-state index contributed by atoms with van der Waals surface area (Å²) in [6.45, 7) is 10.9. The first-order valence-electron chi connectivity index (χ1n) is 6.88. The van der Waals surface area contributed by atoms with Gasteiger partial charge in [-0.05, 0) is 32.9 Å². The number of para-hydroxylation sites is 1. The van der Waals surface area contributed by atoms with E-state index in [1.54, 1.807) is 32.9 Å². The number of phenolic OH excluding ortho intramolecular Hbond substituents is 1. The smallest absolute Gasteiger partial charge is 0.255 e. The maximum Gasteiger partial charge on any atom is 0.255 e. The van der Waals surface area contributed by atoms with Crippen LogP contribution in [0.4, 0.5) is 5.69 Å². The van der Waals surface area contributed by atoms with Crippen molar-refractivity contribution >= 4 is 17.5 Å². The van der Waals surface area contributed by atoms with Gasteiger partial charge in [-0.3, -0.25) is 9.59 Å². The van der Waals surface area contributed by atoms with Crippen molar-refractivity contribution in [1.29, 1.82) is 0 Å². The molecule has 0 saturated heterocycles. The molecule has 21 heavy (non-hydrogen) atoms. The molecule has 0 radical (unpaired) electrons. The highest BCUT2D eigenvalue weighted by Gasteiger charge is 2.24. The van der Waals surface area contributed by atoms with Crippen molar-refractivity contribution in [1.82, 2.24) is 5.32 Å². The van der Waals surface area contributed by atoms with E-state index in [0.29, 0.717) is 0 Å². The van der Waals surface area contributed by atoms with Gasteiger partial charge in [-0.15, -0.1) is 0 Å². The minimum absolute atomic E-state index is 0.136. The van der Waals surface area contributed by atoms with Crippen LogP contribution in [0.5, 0.6) is 5.75 Å². The first-order chi connectivity index (χ1) is 9.42. The van der Waals surface area contributed by atoms with Crippen LogP contribution in [-0.4, -0.2) is 22.5 Å². The van der Waals surface area contributed by atoms with E-state index >= 15 is 0 Å². The maximum absolute atomic E-state index is 12.1. The van der Waals surface area contributed by atoms with E-state index in [4.69, 9.17) is 0 Å². The lowest BCUT2D eigenvalue weighted by Gasteiger charge is -2.22. The SMILES string of the molecule is CC(C)(C)NC(=O)c1cccc(NC(=O)C(C)(C)C)c1O. The van der Waals surface area contributed by atoms with E-state index in [0.717, 1.165) is 0 Å². The van der Waals surface area contributed by atoms with Crippen LogP contribution < -0.4 is 10.6 Å². The molecule has 2 amide bonds. The Bertz CT molecular complexity index is 552. The summed E-state index contributed by atoms with van der Waals surface area (Å²) in [6.07, 6.45) is 0. The van der Waals surface area contributed by atoms with Gasteiger partial charge < -0.3 is 15.7 Å². The van der Waals surface area contributed by atoms with Crippen molar-refractivity contribution < 1.29 is 14.7 Å². The van der Waals surface area contributed by atoms with Crippen LogP contribution in [0.1, 0.15) is 51.9 Å². The van der Waals surface area contributed by atoms with Crippen molar-refractivity contribution in [3.63, 3.8) is 0 Å². The molecule has 1 aromatic carbocycles. The molecule has 5 heteroatoms. The lowest BCUT2D eigenvalue weighted by molar-refractivity contribution is -0.123. The van der Waals surface area contributed by atoms with E-state index < -0.39 is 11.0 Å². The Hall–Kier alpha value is -2.04. The number of anilines is 1. The summed E-state index contributed by atoms with van der Waals surface area (Å²) in [5, 5.41) is 15.6. The number of hydrogen-bond donors (Lipinski definition) is 3. The summed E-state index contributed by atoms with van der Waals surface area (Å²) >= 11 is 0. The van der Waals surface area contributed by atoms with Crippen LogP contribution in [-0.2, 0) is 4.79 Å². The third-order valence-corrected chi connectivity index (χ3v) is 2.70. The van der Waals surface area contributed by atoms with Gasteiger partial charge in [0.1, 0.15) is 0 Å². The highest BCUT2D eigenvalue weighted by atomic mass is 16.3. The van der Waals surface area contributed by atoms with Gasteiger partial charge in [0.25, 0.3) is 5.91 Å². The quantitative estimate of drug-likeness (QED) is 0.733. The molecule has 0 aromatic heterocycles. The van der Waals surface area contributed by atoms with E-state index in [9.17, 15) is 14.7 Å². The van der Waals surface area contributed by atoms with Crippen LogP contribution in [0.3, 0.4) is 0 Å². The molecule has 0 spiro atoms. The molecular formula is C16H24N2O3. The molecular weight excluding hydrogens is 268 g/mol. The lowest BCUT2D eigenvalue weighted by atomic mass is 9.95. The number of aromatic hydroxyl groups is 1. The Morgan fingerprint density at radius 2 is 1.62 bits per heavy atom. The number of carbonyl (C=O) groups is 2. The molecule has 0 unspecified atom stereocenters. The molecule has 0 aliphatic heterocycles. The van der Waals surface area contributed by atoms with Crippen LogP contribution in [0.15, 0.2) is 18.2 Å². The Morgan fingerprint density at radius 1 is 1.05 bits per heavy atom. The fraction of sp³-hybridized carbons (Fsp3) is 0.500. The van der Waals surface area contributed by atoms with Crippen molar-refractivity contribution in [2.24, 2.45) is 5.41 Å². The molecule has 3 N–H and O–H groups in total. The number of benzene rings is 1. The minimum atomic E-state index is -0.587. The number of hydrogen-bond acceptors (Lipinski definition) is 3. The first kappa shape index (κ1) is 17.0. The molecule has 0 aliphatic carbocycles. The number of amides is 2. The van der Waals surface area contributed by atoms with Crippen molar-refractivity contribution in [3.8, 4) is 5.75 Å². The van der Waals surface area contributed by atoms with Gasteiger partial charge in [0.2, 0.25) is 5.91 Å². The number of carbonyl (C=O) groups excluding carboxylic acids is 2. The van der Waals surface area contributed by atoms with Crippen molar-refractivity contribution in [2.75, 3.05) is 5.32 Å². The van der Waals surface area contributed by atoms with Gasteiger partial charge in [0, 0.05) is 11.0 Å². The van der Waals surface area contributed by atoms with Gasteiger partial charge in [0.05, 0.1) is 11.3 Å². The number of phenols is 1. The fourth-order valence-electron chi connectivity index (χ4n) is 1.55. The third-order valence-electron chi connectivity index (χ3n) is 2.70. The molecule has 0 aliphatic rings. The largest absolute Gasteiger partial charge is 0.505 e. The van der Waals surface area contributed by atoms with Gasteiger partial charge in [0.15, 0.2) is 5.75 Å². The average molecular weight is 292 g/mol. The average Bonchev–Trinajstić information content (AvgIpc) is 2.28. The molecule has 0 atom stereocenters. The van der Waals surface area contributed by atoms with E-state index in [-0.39, 0.29) is 28.8 Å². The molecule has 0 saturated carbocycles. The summed E-state index contributed by atoms with van der Waals surface area (Å²) in [5.74, 6) is -0.838. The summed E-state index contributed by atoms with van der Waals surface area (Å²) in [6, 6.07) is 4.70. The molecule has 1 rings (SSSR count). The van der Waals surface area contributed by atoms with Crippen molar-refractivity contribution in [2.45, 2.75) is 47.1 Å². The van der Waals surface area contributed by atoms with Crippen LogP contribution in [0.2, 0.25) is 0 Å². The molecule has 1 aromatic rings. The maximum atomic E-state index is 12.1. The van der Waals surface area contributed by atoms with Crippen LogP contribution in [0.25, 0.3) is 0 Å². The minimum Gasteiger partial charge on any atom is -0.505 e. The zero-order chi connectivity index (χ0) is 16.4. The summed E-state index contributed by atoms with van der Waals surface area (Å²) < 4.78 is 0. The molecule has 5 nitrogen and oxygen atoms in total. The standard InChI is InChI=1S/C16H24N2O3/c1-15(2,3)14(21)17-11-9-7-8-10(12(11)19)13(20)18-16(4,5)6/h7-9,19H,1-6H3,(H,17,21)(H,18,20). The predicted molar refractivity (Wildman–Crippen MR) is 83.4 cm³/mol. The Kier molecular flexibility index (Phi) is 4.66. The van der Waals surface area contributed by atoms with Gasteiger partial charge >= 0.3 is 0 Å². The topological polar surface area (TPSA) is 78.4 Å². The zero-order valence-corrected chi connectivity index (χ0v) is 13.5. The monoisotopic (exact) mass is 292 g/mol. The number of rotatable bonds is 2. The summed E-state index contributed by atoms with van der Waals surface area (Å²) in [4.78, 5) is 24.1. The molecule has 0 bridgehead atoms. The van der Waals surface area contributed by atoms with Crippen molar-refractivity contribution in [3.05, 3.63) is 23.8 Å². The molecule has 116 valence electrons.